The zero-order valence-corrected chi connectivity index (χ0v) is 21.1. The molecule has 2 N–H and O–H groups in total. The highest BCUT2D eigenvalue weighted by molar-refractivity contribution is 5.88. The molecule has 2 aliphatic heterocycles. The Morgan fingerprint density at radius 3 is 2.41 bits per heavy atom. The van der Waals surface area contributed by atoms with E-state index in [9.17, 15) is 19.8 Å². The third-order valence-electron chi connectivity index (χ3n) is 13.3. The van der Waals surface area contributed by atoms with Crippen molar-refractivity contribution in [1.82, 2.24) is 0 Å². The molecule has 1 spiro atoms. The maximum atomic E-state index is 13.4. The minimum absolute atomic E-state index is 0.159. The quantitative estimate of drug-likeness (QED) is 0.448. The normalized spacial score (nSPS) is 63.9. The highest BCUT2D eigenvalue weighted by Gasteiger charge is 2.79. The van der Waals surface area contributed by atoms with E-state index in [-0.39, 0.29) is 34.6 Å². The predicted molar refractivity (Wildman–Crippen MR) is 123 cm³/mol. The Labute approximate surface area is 202 Å². The van der Waals surface area contributed by atoms with Crippen LogP contribution in [0.4, 0.5) is 0 Å². The molecule has 2 bridgehead atoms. The lowest BCUT2D eigenvalue weighted by molar-refractivity contribution is -0.201. The van der Waals surface area contributed by atoms with Crippen molar-refractivity contribution in [3.05, 3.63) is 0 Å². The van der Waals surface area contributed by atoms with Crippen molar-refractivity contribution in [1.29, 1.82) is 0 Å². The fourth-order valence-corrected chi connectivity index (χ4v) is 10.9. The van der Waals surface area contributed by atoms with Gasteiger partial charge < -0.3 is 19.7 Å². The number of Topliss-reactive ketones (excluding diaryl/α,β-unsaturated/α-hetero) is 1. The van der Waals surface area contributed by atoms with E-state index in [1.807, 2.05) is 6.92 Å². The van der Waals surface area contributed by atoms with Gasteiger partial charge >= 0.3 is 5.97 Å². The third kappa shape index (κ3) is 2.15. The van der Waals surface area contributed by atoms with Gasteiger partial charge in [0.2, 0.25) is 0 Å². The molecular formula is C28H40O6. The number of aliphatic hydroxyl groups is 2. The highest BCUT2D eigenvalue weighted by atomic mass is 16.6. The van der Waals surface area contributed by atoms with E-state index in [1.54, 1.807) is 6.92 Å². The summed E-state index contributed by atoms with van der Waals surface area (Å²) in [6, 6.07) is 0. The second-order valence-corrected chi connectivity index (χ2v) is 14.1. The van der Waals surface area contributed by atoms with Crippen molar-refractivity contribution in [2.75, 3.05) is 0 Å². The van der Waals surface area contributed by atoms with E-state index in [4.69, 9.17) is 9.47 Å². The van der Waals surface area contributed by atoms with Crippen LogP contribution in [-0.4, -0.2) is 51.0 Å². The first-order valence-electron chi connectivity index (χ1n) is 13.7. The van der Waals surface area contributed by atoms with Gasteiger partial charge in [0.25, 0.3) is 0 Å². The Balaban J connectivity index is 1.23. The second kappa shape index (κ2) is 6.11. The summed E-state index contributed by atoms with van der Waals surface area (Å²) >= 11 is 0. The van der Waals surface area contributed by atoms with Crippen LogP contribution >= 0.6 is 0 Å². The first kappa shape index (κ1) is 22.2. The Kier molecular flexibility index (Phi) is 3.99. The summed E-state index contributed by atoms with van der Waals surface area (Å²) in [6.07, 6.45) is 8.23. The topological polar surface area (TPSA) is 96.4 Å². The number of epoxide rings is 1. The largest absolute Gasteiger partial charge is 0.460 e. The number of carbonyl (C=O) groups is 2. The number of ether oxygens (including phenoxy) is 2. The standard InChI is InChI=1S/C28H40O6/c1-23-13-18(19(14-23)33-22(30)26(23,4)31)27(32)11-8-16-15-12-21-28(34-21)9-5-6-20(29)25(28,3)17(15)7-10-24(16,27)2/h15-19,21,31-32H,5-14H2,1-4H3/t15-,16-,17+,18-,19+,21+,23+,24-,25-,26-,27+,28+/m0/s1. The van der Waals surface area contributed by atoms with Gasteiger partial charge in [0.15, 0.2) is 5.60 Å². The summed E-state index contributed by atoms with van der Waals surface area (Å²) in [5, 5.41) is 23.5. The zero-order chi connectivity index (χ0) is 24.1. The summed E-state index contributed by atoms with van der Waals surface area (Å²) in [6.45, 7) is 8.04. The molecule has 0 aromatic heterocycles. The first-order chi connectivity index (χ1) is 15.8. The molecule has 0 unspecified atom stereocenters. The van der Waals surface area contributed by atoms with E-state index in [0.29, 0.717) is 49.2 Å². The zero-order valence-electron chi connectivity index (χ0n) is 21.1. The van der Waals surface area contributed by atoms with Crippen LogP contribution in [0, 0.1) is 39.9 Å². The molecule has 5 aliphatic carbocycles. The molecule has 0 aromatic carbocycles. The molecule has 0 amide bonds. The molecule has 5 saturated carbocycles. The summed E-state index contributed by atoms with van der Waals surface area (Å²) in [7, 11) is 0. The summed E-state index contributed by atoms with van der Waals surface area (Å²) in [4.78, 5) is 26.0. The number of hydrogen-bond donors (Lipinski definition) is 2. The summed E-state index contributed by atoms with van der Waals surface area (Å²) in [5.41, 5.74) is -3.91. The van der Waals surface area contributed by atoms with Gasteiger partial charge in [0.1, 0.15) is 17.5 Å². The van der Waals surface area contributed by atoms with Crippen LogP contribution in [-0.2, 0) is 19.1 Å². The van der Waals surface area contributed by atoms with Gasteiger partial charge in [0, 0.05) is 17.8 Å². The van der Waals surface area contributed by atoms with Crippen LogP contribution in [0.1, 0.15) is 91.9 Å². The van der Waals surface area contributed by atoms with E-state index < -0.39 is 22.6 Å². The summed E-state index contributed by atoms with van der Waals surface area (Å²) < 4.78 is 12.2. The Bertz CT molecular complexity index is 991. The number of fused-ring (bicyclic) bond motifs is 6. The van der Waals surface area contributed by atoms with E-state index >= 15 is 0 Å². The maximum absolute atomic E-state index is 13.4. The summed E-state index contributed by atoms with van der Waals surface area (Å²) in [5.74, 6) is 0.766. The van der Waals surface area contributed by atoms with Crippen molar-refractivity contribution in [2.24, 2.45) is 39.9 Å². The third-order valence-corrected chi connectivity index (χ3v) is 13.3. The molecule has 12 atom stereocenters. The van der Waals surface area contributed by atoms with Crippen LogP contribution in [0.15, 0.2) is 0 Å². The minimum Gasteiger partial charge on any atom is -0.460 e. The van der Waals surface area contributed by atoms with E-state index in [1.165, 1.54) is 0 Å². The second-order valence-electron chi connectivity index (χ2n) is 14.1. The molecule has 6 nitrogen and oxygen atoms in total. The average molecular weight is 473 g/mol. The molecule has 34 heavy (non-hydrogen) atoms. The first-order valence-corrected chi connectivity index (χ1v) is 13.7. The molecule has 7 rings (SSSR count). The van der Waals surface area contributed by atoms with Gasteiger partial charge in [-0.25, -0.2) is 4.79 Å². The Hall–Kier alpha value is -0.980. The van der Waals surface area contributed by atoms with E-state index in [0.717, 1.165) is 38.5 Å². The molecule has 188 valence electrons. The lowest BCUT2D eigenvalue weighted by atomic mass is 9.43. The molecule has 0 radical (unpaired) electrons. The van der Waals surface area contributed by atoms with Gasteiger partial charge in [-0.15, -0.1) is 0 Å². The number of hydrogen-bond acceptors (Lipinski definition) is 6. The van der Waals surface area contributed by atoms with Gasteiger partial charge in [-0.1, -0.05) is 13.8 Å². The smallest absolute Gasteiger partial charge is 0.338 e. The number of rotatable bonds is 1. The number of carbonyl (C=O) groups excluding carboxylic acids is 2. The Morgan fingerprint density at radius 2 is 1.65 bits per heavy atom. The van der Waals surface area contributed by atoms with Crippen LogP contribution in [0.25, 0.3) is 0 Å². The maximum Gasteiger partial charge on any atom is 0.338 e. The van der Waals surface area contributed by atoms with Crippen molar-refractivity contribution in [3.63, 3.8) is 0 Å². The van der Waals surface area contributed by atoms with Gasteiger partial charge in [-0.2, -0.15) is 0 Å². The minimum atomic E-state index is -1.52. The van der Waals surface area contributed by atoms with Crippen molar-refractivity contribution < 1.29 is 29.3 Å². The highest BCUT2D eigenvalue weighted by Crippen LogP contribution is 2.75. The fraction of sp³-hybridized carbons (Fsp3) is 0.929. The van der Waals surface area contributed by atoms with E-state index in [2.05, 4.69) is 13.8 Å². The monoisotopic (exact) mass is 472 g/mol. The van der Waals surface area contributed by atoms with Gasteiger partial charge in [0.05, 0.1) is 17.1 Å². The van der Waals surface area contributed by atoms with Crippen LogP contribution in [0.3, 0.4) is 0 Å². The molecular weight excluding hydrogens is 432 g/mol. The number of ketones is 1. The van der Waals surface area contributed by atoms with Crippen LogP contribution in [0.2, 0.25) is 0 Å². The Morgan fingerprint density at radius 1 is 0.912 bits per heavy atom. The van der Waals surface area contributed by atoms with Crippen molar-refractivity contribution in [3.8, 4) is 0 Å². The molecule has 2 heterocycles. The lowest BCUT2D eigenvalue weighted by Crippen LogP contribution is -2.63. The molecule has 6 heteroatoms. The van der Waals surface area contributed by atoms with Gasteiger partial charge in [-0.3, -0.25) is 4.79 Å². The SMILES string of the molecule is C[C@@]12C[C@@H](OC(=O)[C@]1(C)O)[C@@H]([C@]1(O)CC[C@H]3[C@@H]4C[C@H]5O[C@]56CCCC(=O)[C@]6(C)[C@@H]4CC[C@@]31C)C2. The lowest BCUT2D eigenvalue weighted by Gasteiger charge is -2.59. The number of esters is 1. The molecule has 0 aromatic rings. The van der Waals surface area contributed by atoms with Crippen molar-refractivity contribution in [2.45, 2.75) is 121 Å². The average Bonchev–Trinajstić information content (AvgIpc) is 3.27. The van der Waals surface area contributed by atoms with Crippen LogP contribution < -0.4 is 0 Å². The molecule has 2 saturated heterocycles. The van der Waals surface area contributed by atoms with Gasteiger partial charge in [-0.05, 0) is 94.8 Å². The molecule has 7 aliphatic rings. The molecule has 7 fully saturated rings. The van der Waals surface area contributed by atoms with Crippen LogP contribution in [0.5, 0.6) is 0 Å². The predicted octanol–water partition coefficient (Wildman–Crippen LogP) is 3.55. The fourth-order valence-electron chi connectivity index (χ4n) is 10.9. The van der Waals surface area contributed by atoms with Crippen molar-refractivity contribution >= 4 is 11.8 Å².